The lowest BCUT2D eigenvalue weighted by molar-refractivity contribution is -0.130. The van der Waals surface area contributed by atoms with Crippen LogP contribution in [0, 0.1) is 0 Å². The molecule has 0 saturated carbocycles. The topological polar surface area (TPSA) is 41.6 Å². The molecule has 1 atom stereocenters. The monoisotopic (exact) mass is 352 g/mol. The van der Waals surface area contributed by atoms with Gasteiger partial charge in [-0.15, -0.1) is 0 Å². The molecule has 3 rings (SSSR count). The first kappa shape index (κ1) is 18.5. The predicted molar refractivity (Wildman–Crippen MR) is 104 cm³/mol. The standard InChI is InChI=1S/C22H28N2O2/c1-26-20-13-11-19(12-14-20)22(18-9-5-4-6-10-18)23-17-21(25)24-15-7-2-3-8-16-24/h4-6,9-14,22-23H,2-3,7-8,15-17H2,1H3/t22-/m0/s1. The maximum absolute atomic E-state index is 12.7. The van der Waals surface area contributed by atoms with Crippen LogP contribution in [-0.2, 0) is 4.79 Å². The first-order valence-electron chi connectivity index (χ1n) is 9.48. The van der Waals surface area contributed by atoms with E-state index in [0.29, 0.717) is 6.54 Å². The SMILES string of the molecule is COc1ccc([C@@H](NCC(=O)N2CCCCCC2)c2ccccc2)cc1. The summed E-state index contributed by atoms with van der Waals surface area (Å²) in [6.45, 7) is 2.13. The lowest BCUT2D eigenvalue weighted by Gasteiger charge is -2.24. The van der Waals surface area contributed by atoms with Crippen LogP contribution in [0.1, 0.15) is 42.9 Å². The normalized spacial score (nSPS) is 16.0. The Morgan fingerprint density at radius 2 is 1.58 bits per heavy atom. The van der Waals surface area contributed by atoms with Gasteiger partial charge in [0.25, 0.3) is 0 Å². The molecule has 0 spiro atoms. The van der Waals surface area contributed by atoms with E-state index in [-0.39, 0.29) is 11.9 Å². The molecule has 0 aromatic heterocycles. The van der Waals surface area contributed by atoms with E-state index in [1.54, 1.807) is 7.11 Å². The molecule has 26 heavy (non-hydrogen) atoms. The highest BCUT2D eigenvalue weighted by molar-refractivity contribution is 5.78. The molecule has 1 fully saturated rings. The fourth-order valence-corrected chi connectivity index (χ4v) is 3.49. The van der Waals surface area contributed by atoms with E-state index < -0.39 is 0 Å². The molecule has 1 saturated heterocycles. The van der Waals surface area contributed by atoms with Crippen LogP contribution >= 0.6 is 0 Å². The fourth-order valence-electron chi connectivity index (χ4n) is 3.49. The molecule has 4 heteroatoms. The van der Waals surface area contributed by atoms with E-state index in [1.165, 1.54) is 12.8 Å². The molecule has 1 aliphatic heterocycles. The molecule has 4 nitrogen and oxygen atoms in total. The number of hydrogen-bond acceptors (Lipinski definition) is 3. The minimum Gasteiger partial charge on any atom is -0.497 e. The second kappa shape index (κ2) is 9.39. The van der Waals surface area contributed by atoms with Crippen molar-refractivity contribution in [2.75, 3.05) is 26.7 Å². The molecule has 0 radical (unpaired) electrons. The summed E-state index contributed by atoms with van der Waals surface area (Å²) in [5.74, 6) is 1.03. The van der Waals surface area contributed by atoms with Crippen molar-refractivity contribution in [3.63, 3.8) is 0 Å². The summed E-state index contributed by atoms with van der Waals surface area (Å²) in [5.41, 5.74) is 2.28. The molecule has 1 N–H and O–H groups in total. The molecule has 1 heterocycles. The third-order valence-corrected chi connectivity index (χ3v) is 5.00. The van der Waals surface area contributed by atoms with Gasteiger partial charge < -0.3 is 9.64 Å². The van der Waals surface area contributed by atoms with Crippen molar-refractivity contribution in [1.82, 2.24) is 10.2 Å². The summed E-state index contributed by atoms with van der Waals surface area (Å²) in [4.78, 5) is 14.7. The molecular weight excluding hydrogens is 324 g/mol. The zero-order valence-corrected chi connectivity index (χ0v) is 15.5. The van der Waals surface area contributed by atoms with Crippen LogP contribution in [0.2, 0.25) is 0 Å². The summed E-state index contributed by atoms with van der Waals surface area (Å²) >= 11 is 0. The van der Waals surface area contributed by atoms with E-state index in [2.05, 4.69) is 29.6 Å². The van der Waals surface area contributed by atoms with E-state index in [0.717, 1.165) is 42.8 Å². The van der Waals surface area contributed by atoms with Gasteiger partial charge >= 0.3 is 0 Å². The van der Waals surface area contributed by atoms with Crippen molar-refractivity contribution < 1.29 is 9.53 Å². The van der Waals surface area contributed by atoms with Crippen molar-refractivity contribution in [3.05, 3.63) is 65.7 Å². The van der Waals surface area contributed by atoms with Crippen molar-refractivity contribution >= 4 is 5.91 Å². The zero-order chi connectivity index (χ0) is 18.2. The van der Waals surface area contributed by atoms with Crippen LogP contribution in [0.15, 0.2) is 54.6 Å². The summed E-state index contributed by atoms with van der Waals surface area (Å²) in [6, 6.07) is 18.3. The maximum atomic E-state index is 12.7. The largest absolute Gasteiger partial charge is 0.497 e. The number of hydrogen-bond donors (Lipinski definition) is 1. The highest BCUT2D eigenvalue weighted by Crippen LogP contribution is 2.24. The third-order valence-electron chi connectivity index (χ3n) is 5.00. The molecule has 0 unspecified atom stereocenters. The molecule has 138 valence electrons. The van der Waals surface area contributed by atoms with Gasteiger partial charge in [-0.05, 0) is 36.1 Å². The number of likely N-dealkylation sites (tertiary alicyclic amines) is 1. The quantitative estimate of drug-likeness (QED) is 0.860. The Balaban J connectivity index is 1.72. The summed E-state index contributed by atoms with van der Waals surface area (Å²) in [5, 5.41) is 3.48. The van der Waals surface area contributed by atoms with E-state index >= 15 is 0 Å². The Kier molecular flexibility index (Phi) is 6.67. The molecule has 0 aliphatic carbocycles. The second-order valence-electron chi connectivity index (χ2n) is 6.79. The second-order valence-corrected chi connectivity index (χ2v) is 6.79. The molecule has 1 amide bonds. The molecule has 2 aromatic carbocycles. The number of nitrogens with one attached hydrogen (secondary N) is 1. The number of nitrogens with zero attached hydrogens (tertiary/aromatic N) is 1. The minimum atomic E-state index is -0.0157. The summed E-state index contributed by atoms with van der Waals surface area (Å²) in [7, 11) is 1.67. The maximum Gasteiger partial charge on any atom is 0.236 e. The van der Waals surface area contributed by atoms with E-state index in [1.807, 2.05) is 35.2 Å². The molecule has 2 aromatic rings. The van der Waals surface area contributed by atoms with Crippen LogP contribution in [-0.4, -0.2) is 37.6 Å². The summed E-state index contributed by atoms with van der Waals surface area (Å²) < 4.78 is 5.26. The van der Waals surface area contributed by atoms with Crippen LogP contribution in [0.5, 0.6) is 5.75 Å². The van der Waals surface area contributed by atoms with Crippen molar-refractivity contribution in [2.45, 2.75) is 31.7 Å². The number of methoxy groups -OCH3 is 1. The predicted octanol–water partition coefficient (Wildman–Crippen LogP) is 3.78. The third kappa shape index (κ3) is 4.85. The Hall–Kier alpha value is -2.33. The zero-order valence-electron chi connectivity index (χ0n) is 15.5. The molecule has 1 aliphatic rings. The number of benzene rings is 2. The van der Waals surface area contributed by atoms with Gasteiger partial charge in [0.05, 0.1) is 19.7 Å². The summed E-state index contributed by atoms with van der Waals surface area (Å²) in [6.07, 6.45) is 4.70. The van der Waals surface area contributed by atoms with Crippen molar-refractivity contribution in [2.24, 2.45) is 0 Å². The van der Waals surface area contributed by atoms with Crippen LogP contribution in [0.25, 0.3) is 0 Å². The number of rotatable bonds is 6. The van der Waals surface area contributed by atoms with Gasteiger partial charge in [0.1, 0.15) is 5.75 Å². The van der Waals surface area contributed by atoms with Gasteiger partial charge in [-0.1, -0.05) is 55.3 Å². The van der Waals surface area contributed by atoms with E-state index in [9.17, 15) is 4.79 Å². The van der Waals surface area contributed by atoms with Crippen molar-refractivity contribution in [1.29, 1.82) is 0 Å². The Labute approximate surface area is 156 Å². The van der Waals surface area contributed by atoms with Crippen LogP contribution in [0.3, 0.4) is 0 Å². The lowest BCUT2D eigenvalue weighted by Crippen LogP contribution is -2.40. The Morgan fingerprint density at radius 1 is 0.962 bits per heavy atom. The Bertz CT molecular complexity index is 677. The van der Waals surface area contributed by atoms with Gasteiger partial charge in [0.15, 0.2) is 0 Å². The smallest absolute Gasteiger partial charge is 0.236 e. The Morgan fingerprint density at radius 3 is 2.19 bits per heavy atom. The highest BCUT2D eigenvalue weighted by Gasteiger charge is 2.19. The van der Waals surface area contributed by atoms with Crippen LogP contribution < -0.4 is 10.1 Å². The van der Waals surface area contributed by atoms with Crippen molar-refractivity contribution in [3.8, 4) is 5.75 Å². The first-order chi connectivity index (χ1) is 12.8. The van der Waals surface area contributed by atoms with Gasteiger partial charge in [-0.2, -0.15) is 0 Å². The van der Waals surface area contributed by atoms with Crippen LogP contribution in [0.4, 0.5) is 0 Å². The van der Waals surface area contributed by atoms with Gasteiger partial charge in [-0.3, -0.25) is 10.1 Å². The number of carbonyl (C=O) groups is 1. The minimum absolute atomic E-state index is 0.0157. The molecule has 0 bridgehead atoms. The fraction of sp³-hybridized carbons (Fsp3) is 0.409. The number of ether oxygens (including phenoxy) is 1. The number of carbonyl (C=O) groups excluding carboxylic acids is 1. The van der Waals surface area contributed by atoms with E-state index in [4.69, 9.17) is 4.74 Å². The van der Waals surface area contributed by atoms with Gasteiger partial charge in [-0.25, -0.2) is 0 Å². The molecular formula is C22H28N2O2. The van der Waals surface area contributed by atoms with Gasteiger partial charge in [0, 0.05) is 13.1 Å². The lowest BCUT2D eigenvalue weighted by atomic mass is 9.98. The average molecular weight is 352 g/mol. The van der Waals surface area contributed by atoms with Gasteiger partial charge in [0.2, 0.25) is 5.91 Å². The number of amides is 1. The highest BCUT2D eigenvalue weighted by atomic mass is 16.5. The average Bonchev–Trinajstić information content (AvgIpc) is 2.99. The first-order valence-corrected chi connectivity index (χ1v) is 9.48.